The second kappa shape index (κ2) is 11.1. The normalized spacial score (nSPS) is 9.20. The van der Waals surface area contributed by atoms with Crippen molar-refractivity contribution in [2.75, 3.05) is 13.7 Å². The molecule has 0 heterocycles. The minimum Gasteiger partial charge on any atom is -0.469 e. The van der Waals surface area contributed by atoms with E-state index in [1.807, 2.05) is 0 Å². The molecule has 0 atom stereocenters. The first-order chi connectivity index (χ1) is 7.31. The summed E-state index contributed by atoms with van der Waals surface area (Å²) in [5.41, 5.74) is 0. The van der Waals surface area contributed by atoms with Gasteiger partial charge in [0.1, 0.15) is 6.61 Å². The predicted octanol–water partition coefficient (Wildman–Crippen LogP) is 1.89. The van der Waals surface area contributed by atoms with E-state index in [2.05, 4.69) is 16.6 Å². The van der Waals surface area contributed by atoms with Crippen LogP contribution in [0.2, 0.25) is 0 Å². The van der Waals surface area contributed by atoms with Crippen LogP contribution in [0.1, 0.15) is 44.9 Å². The fourth-order valence-electron chi connectivity index (χ4n) is 1.26. The van der Waals surface area contributed by atoms with Gasteiger partial charge in [0.15, 0.2) is 0 Å². The second-order valence-electron chi connectivity index (χ2n) is 3.36. The average molecular weight is 212 g/mol. The van der Waals surface area contributed by atoms with Crippen molar-refractivity contribution < 1.29 is 14.6 Å². The Morgan fingerprint density at radius 3 is 2.47 bits per heavy atom. The highest BCUT2D eigenvalue weighted by molar-refractivity contribution is 5.68. The fraction of sp³-hybridized carbons (Fsp3) is 0.750. The molecule has 3 heteroatoms. The lowest BCUT2D eigenvalue weighted by atomic mass is 10.1. The number of unbranched alkanes of at least 4 members (excludes halogenated alkanes) is 5. The Balaban J connectivity index is 3.08. The first-order valence-corrected chi connectivity index (χ1v) is 5.44. The summed E-state index contributed by atoms with van der Waals surface area (Å²) < 4.78 is 4.54. The Morgan fingerprint density at radius 1 is 1.13 bits per heavy atom. The van der Waals surface area contributed by atoms with Gasteiger partial charge in [-0.1, -0.05) is 25.2 Å². The average Bonchev–Trinajstić information content (AvgIpc) is 2.26. The molecule has 86 valence electrons. The summed E-state index contributed by atoms with van der Waals surface area (Å²) in [6.45, 7) is -0.0425. The summed E-state index contributed by atoms with van der Waals surface area (Å²) in [5, 5.41) is 8.40. The summed E-state index contributed by atoms with van der Waals surface area (Å²) in [5.74, 6) is 5.37. The van der Waals surface area contributed by atoms with Gasteiger partial charge in [0, 0.05) is 12.8 Å². The Bertz CT molecular complexity index is 213. The van der Waals surface area contributed by atoms with Crippen LogP contribution in [0.5, 0.6) is 0 Å². The van der Waals surface area contributed by atoms with Crippen LogP contribution in [0.25, 0.3) is 0 Å². The fourth-order valence-corrected chi connectivity index (χ4v) is 1.26. The third-order valence-corrected chi connectivity index (χ3v) is 2.11. The number of methoxy groups -OCH3 is 1. The topological polar surface area (TPSA) is 46.5 Å². The Hall–Kier alpha value is -1.01. The maximum Gasteiger partial charge on any atom is 0.305 e. The van der Waals surface area contributed by atoms with Crippen molar-refractivity contribution in [3.63, 3.8) is 0 Å². The lowest BCUT2D eigenvalue weighted by molar-refractivity contribution is -0.140. The van der Waals surface area contributed by atoms with Gasteiger partial charge in [-0.25, -0.2) is 0 Å². The first-order valence-electron chi connectivity index (χ1n) is 5.44. The van der Waals surface area contributed by atoms with Crippen LogP contribution in [0.3, 0.4) is 0 Å². The Labute approximate surface area is 91.8 Å². The van der Waals surface area contributed by atoms with Crippen molar-refractivity contribution in [3.8, 4) is 11.8 Å². The molecule has 0 aliphatic carbocycles. The van der Waals surface area contributed by atoms with Gasteiger partial charge in [-0.05, 0) is 12.8 Å². The summed E-state index contributed by atoms with van der Waals surface area (Å²) in [6, 6.07) is 0. The Kier molecular flexibility index (Phi) is 10.3. The van der Waals surface area contributed by atoms with Gasteiger partial charge in [0.25, 0.3) is 0 Å². The second-order valence-corrected chi connectivity index (χ2v) is 3.36. The van der Waals surface area contributed by atoms with Crippen LogP contribution in [-0.2, 0) is 9.53 Å². The van der Waals surface area contributed by atoms with Gasteiger partial charge in [0.2, 0.25) is 0 Å². The van der Waals surface area contributed by atoms with Gasteiger partial charge in [0.05, 0.1) is 7.11 Å². The standard InChI is InChI=1S/C12H20O3/c1-15-12(14)10-8-6-4-2-3-5-7-9-11-13/h13H,2-6,8,10-11H2,1H3. The number of aliphatic hydroxyl groups excluding tert-OH is 1. The van der Waals surface area contributed by atoms with Crippen LogP contribution in [0.4, 0.5) is 0 Å². The molecule has 0 bridgehead atoms. The lowest BCUT2D eigenvalue weighted by Gasteiger charge is -1.99. The van der Waals surface area contributed by atoms with Crippen molar-refractivity contribution in [1.82, 2.24) is 0 Å². The zero-order valence-corrected chi connectivity index (χ0v) is 9.42. The zero-order valence-electron chi connectivity index (χ0n) is 9.42. The number of rotatable bonds is 7. The molecule has 0 aromatic rings. The number of carbonyl (C=O) groups excluding carboxylic acids is 1. The van der Waals surface area contributed by atoms with E-state index < -0.39 is 0 Å². The molecule has 0 aliphatic rings. The molecule has 0 aliphatic heterocycles. The number of hydrogen-bond donors (Lipinski definition) is 1. The smallest absolute Gasteiger partial charge is 0.305 e. The highest BCUT2D eigenvalue weighted by Crippen LogP contribution is 2.07. The maximum absolute atomic E-state index is 10.8. The molecule has 0 aromatic heterocycles. The van der Waals surface area contributed by atoms with E-state index in [1.54, 1.807) is 0 Å². The van der Waals surface area contributed by atoms with Crippen molar-refractivity contribution in [3.05, 3.63) is 0 Å². The predicted molar refractivity (Wildman–Crippen MR) is 59.2 cm³/mol. The number of aliphatic hydroxyl groups is 1. The molecule has 0 fully saturated rings. The van der Waals surface area contributed by atoms with E-state index >= 15 is 0 Å². The molecular weight excluding hydrogens is 192 g/mol. The molecule has 0 saturated heterocycles. The zero-order chi connectivity index (χ0) is 11.4. The van der Waals surface area contributed by atoms with E-state index in [0.29, 0.717) is 6.42 Å². The van der Waals surface area contributed by atoms with E-state index in [4.69, 9.17) is 5.11 Å². The molecule has 15 heavy (non-hydrogen) atoms. The molecule has 0 rings (SSSR count). The number of esters is 1. The third-order valence-electron chi connectivity index (χ3n) is 2.11. The summed E-state index contributed by atoms with van der Waals surface area (Å²) in [6.07, 6.45) is 6.72. The van der Waals surface area contributed by atoms with Crippen LogP contribution < -0.4 is 0 Å². The number of carbonyl (C=O) groups is 1. The van der Waals surface area contributed by atoms with Gasteiger partial charge >= 0.3 is 5.97 Å². The molecule has 0 aromatic carbocycles. The van der Waals surface area contributed by atoms with Crippen molar-refractivity contribution in [2.24, 2.45) is 0 Å². The van der Waals surface area contributed by atoms with Crippen LogP contribution in [0, 0.1) is 11.8 Å². The highest BCUT2D eigenvalue weighted by atomic mass is 16.5. The number of ether oxygens (including phenoxy) is 1. The number of hydrogen-bond acceptors (Lipinski definition) is 3. The third kappa shape index (κ3) is 10.9. The van der Waals surface area contributed by atoms with E-state index in [9.17, 15) is 4.79 Å². The highest BCUT2D eigenvalue weighted by Gasteiger charge is 1.98. The van der Waals surface area contributed by atoms with E-state index in [0.717, 1.165) is 38.5 Å². The van der Waals surface area contributed by atoms with Crippen LogP contribution in [0.15, 0.2) is 0 Å². The lowest BCUT2D eigenvalue weighted by Crippen LogP contribution is -1.99. The van der Waals surface area contributed by atoms with Crippen molar-refractivity contribution in [1.29, 1.82) is 0 Å². The summed E-state index contributed by atoms with van der Waals surface area (Å²) in [7, 11) is 1.42. The first kappa shape index (κ1) is 14.0. The van der Waals surface area contributed by atoms with E-state index in [-0.39, 0.29) is 12.6 Å². The minimum atomic E-state index is -0.121. The van der Waals surface area contributed by atoms with Gasteiger partial charge < -0.3 is 9.84 Å². The molecule has 3 nitrogen and oxygen atoms in total. The minimum absolute atomic E-state index is 0.0425. The molecule has 0 unspecified atom stereocenters. The van der Waals surface area contributed by atoms with Crippen molar-refractivity contribution >= 4 is 5.97 Å². The molecule has 0 spiro atoms. The molecular formula is C12H20O3. The molecule has 0 amide bonds. The quantitative estimate of drug-likeness (QED) is 0.398. The summed E-state index contributed by atoms with van der Waals surface area (Å²) >= 11 is 0. The van der Waals surface area contributed by atoms with E-state index in [1.165, 1.54) is 7.11 Å². The monoisotopic (exact) mass is 212 g/mol. The van der Waals surface area contributed by atoms with Gasteiger partial charge in [-0.2, -0.15) is 0 Å². The van der Waals surface area contributed by atoms with Crippen LogP contribution in [-0.4, -0.2) is 24.8 Å². The molecule has 0 radical (unpaired) electrons. The van der Waals surface area contributed by atoms with Gasteiger partial charge in [-0.15, -0.1) is 5.92 Å². The maximum atomic E-state index is 10.8. The molecule has 1 N–H and O–H groups in total. The summed E-state index contributed by atoms with van der Waals surface area (Å²) in [4.78, 5) is 10.8. The largest absolute Gasteiger partial charge is 0.469 e. The van der Waals surface area contributed by atoms with Crippen LogP contribution >= 0.6 is 0 Å². The molecule has 0 saturated carbocycles. The SMILES string of the molecule is COC(=O)CCCCCCCC#CCO. The van der Waals surface area contributed by atoms with Crippen molar-refractivity contribution in [2.45, 2.75) is 44.9 Å². The van der Waals surface area contributed by atoms with Gasteiger partial charge in [-0.3, -0.25) is 4.79 Å². The Morgan fingerprint density at radius 2 is 1.80 bits per heavy atom.